The van der Waals surface area contributed by atoms with Gasteiger partial charge in [0.05, 0.1) is 4.90 Å². The minimum atomic E-state index is -3.77. The molecule has 0 saturated carbocycles. The second-order valence-electron chi connectivity index (χ2n) is 8.93. The van der Waals surface area contributed by atoms with E-state index in [0.29, 0.717) is 17.9 Å². The zero-order valence-corrected chi connectivity index (χ0v) is 21.3. The van der Waals surface area contributed by atoms with E-state index in [4.69, 9.17) is 0 Å². The SMILES string of the molecule is CC(c1cccc(S(=O)(=O)Nc2ccc(NC(=O)NCc3ccncc3)cc2)c1)N1CCN(C)CC1. The molecule has 4 rings (SSSR count). The molecule has 1 saturated heterocycles. The molecule has 36 heavy (non-hydrogen) atoms. The summed E-state index contributed by atoms with van der Waals surface area (Å²) in [6.07, 6.45) is 3.33. The molecule has 3 N–H and O–H groups in total. The Morgan fingerprint density at radius 3 is 2.33 bits per heavy atom. The van der Waals surface area contributed by atoms with Crippen molar-refractivity contribution in [2.45, 2.75) is 24.4 Å². The molecule has 2 heterocycles. The number of rotatable bonds is 8. The largest absolute Gasteiger partial charge is 0.334 e. The highest BCUT2D eigenvalue weighted by molar-refractivity contribution is 7.92. The predicted molar refractivity (Wildman–Crippen MR) is 141 cm³/mol. The van der Waals surface area contributed by atoms with Crippen LogP contribution in [0.4, 0.5) is 16.2 Å². The molecule has 0 spiro atoms. The molecule has 2 amide bonds. The van der Waals surface area contributed by atoms with E-state index in [2.05, 4.69) is 44.1 Å². The van der Waals surface area contributed by atoms with Crippen molar-refractivity contribution < 1.29 is 13.2 Å². The first kappa shape index (κ1) is 25.6. The fourth-order valence-corrected chi connectivity index (χ4v) is 5.17. The third-order valence-corrected chi connectivity index (χ3v) is 7.71. The maximum Gasteiger partial charge on any atom is 0.319 e. The number of anilines is 2. The molecule has 190 valence electrons. The summed E-state index contributed by atoms with van der Waals surface area (Å²) in [4.78, 5) is 21.0. The van der Waals surface area contributed by atoms with Crippen molar-refractivity contribution in [3.05, 3.63) is 84.2 Å². The number of carbonyl (C=O) groups excluding carboxylic acids is 1. The number of urea groups is 1. The summed E-state index contributed by atoms with van der Waals surface area (Å²) in [6, 6.07) is 17.1. The number of amides is 2. The summed E-state index contributed by atoms with van der Waals surface area (Å²) in [6.45, 7) is 6.40. The van der Waals surface area contributed by atoms with Crippen LogP contribution in [0.25, 0.3) is 0 Å². The molecule has 1 aliphatic rings. The topological polar surface area (TPSA) is 107 Å². The van der Waals surface area contributed by atoms with Gasteiger partial charge >= 0.3 is 6.03 Å². The lowest BCUT2D eigenvalue weighted by molar-refractivity contribution is 0.119. The van der Waals surface area contributed by atoms with Crippen molar-refractivity contribution in [1.29, 1.82) is 0 Å². The molecule has 1 atom stereocenters. The monoisotopic (exact) mass is 508 g/mol. The van der Waals surface area contributed by atoms with Crippen LogP contribution in [0.1, 0.15) is 24.1 Å². The van der Waals surface area contributed by atoms with Gasteiger partial charge in [0.25, 0.3) is 10.0 Å². The van der Waals surface area contributed by atoms with Gasteiger partial charge in [0, 0.05) is 62.5 Å². The second-order valence-corrected chi connectivity index (χ2v) is 10.6. The predicted octanol–water partition coefficient (Wildman–Crippen LogP) is 3.51. The lowest BCUT2D eigenvalue weighted by atomic mass is 10.1. The van der Waals surface area contributed by atoms with Crippen LogP contribution in [0.3, 0.4) is 0 Å². The molecule has 0 bridgehead atoms. The Bertz CT molecular complexity index is 1260. The fourth-order valence-electron chi connectivity index (χ4n) is 4.06. The number of nitrogens with zero attached hydrogens (tertiary/aromatic N) is 3. The van der Waals surface area contributed by atoms with E-state index in [1.54, 1.807) is 54.9 Å². The summed E-state index contributed by atoms with van der Waals surface area (Å²) >= 11 is 0. The first-order valence-corrected chi connectivity index (χ1v) is 13.4. The highest BCUT2D eigenvalue weighted by Crippen LogP contribution is 2.25. The number of piperazine rings is 1. The molecule has 10 heteroatoms. The fraction of sp³-hybridized carbons (Fsp3) is 0.308. The van der Waals surface area contributed by atoms with Crippen LogP contribution in [0, 0.1) is 0 Å². The Morgan fingerprint density at radius 2 is 1.64 bits per heavy atom. The highest BCUT2D eigenvalue weighted by Gasteiger charge is 2.22. The number of hydrogen-bond donors (Lipinski definition) is 3. The van der Waals surface area contributed by atoms with Gasteiger partial charge in [-0.15, -0.1) is 0 Å². The standard InChI is InChI=1S/C26H32N6O3S/c1-20(32-16-14-31(2)15-17-32)22-4-3-5-25(18-22)36(34,35)30-24-8-6-23(7-9-24)29-26(33)28-19-21-10-12-27-13-11-21/h3-13,18,20,30H,14-17,19H2,1-2H3,(H2,28,29,33). The molecular weight excluding hydrogens is 476 g/mol. The minimum Gasteiger partial charge on any atom is -0.334 e. The molecule has 9 nitrogen and oxygen atoms in total. The van der Waals surface area contributed by atoms with E-state index >= 15 is 0 Å². The molecule has 3 aromatic rings. The van der Waals surface area contributed by atoms with Gasteiger partial charge in [0.1, 0.15) is 0 Å². The first-order chi connectivity index (χ1) is 17.3. The van der Waals surface area contributed by atoms with Crippen LogP contribution >= 0.6 is 0 Å². The van der Waals surface area contributed by atoms with Crippen LogP contribution in [-0.2, 0) is 16.6 Å². The van der Waals surface area contributed by atoms with Crippen molar-refractivity contribution in [2.75, 3.05) is 43.3 Å². The molecule has 1 aliphatic heterocycles. The average Bonchev–Trinajstić information content (AvgIpc) is 2.89. The smallest absolute Gasteiger partial charge is 0.319 e. The summed E-state index contributed by atoms with van der Waals surface area (Å²) in [7, 11) is -1.65. The Hall–Kier alpha value is -3.47. The number of hydrogen-bond acceptors (Lipinski definition) is 6. The van der Waals surface area contributed by atoms with Crippen molar-refractivity contribution in [2.24, 2.45) is 0 Å². The summed E-state index contributed by atoms with van der Waals surface area (Å²) < 4.78 is 28.8. The van der Waals surface area contributed by atoms with E-state index in [-0.39, 0.29) is 17.0 Å². The van der Waals surface area contributed by atoms with E-state index in [9.17, 15) is 13.2 Å². The van der Waals surface area contributed by atoms with Gasteiger partial charge in [-0.05, 0) is 73.6 Å². The number of benzene rings is 2. The number of sulfonamides is 1. The molecule has 0 radical (unpaired) electrons. The molecule has 1 aromatic heterocycles. The molecular formula is C26H32N6O3S. The lowest BCUT2D eigenvalue weighted by Crippen LogP contribution is -2.45. The minimum absolute atomic E-state index is 0.129. The van der Waals surface area contributed by atoms with Gasteiger partial charge < -0.3 is 15.5 Å². The van der Waals surface area contributed by atoms with Gasteiger partial charge in [-0.25, -0.2) is 13.2 Å². The number of nitrogens with one attached hydrogen (secondary N) is 3. The van der Waals surface area contributed by atoms with E-state index < -0.39 is 10.0 Å². The van der Waals surface area contributed by atoms with Crippen LogP contribution in [0.15, 0.2) is 78.0 Å². The van der Waals surface area contributed by atoms with Gasteiger partial charge in [-0.2, -0.15) is 0 Å². The summed E-state index contributed by atoms with van der Waals surface area (Å²) in [5.41, 5.74) is 2.87. The van der Waals surface area contributed by atoms with E-state index in [1.165, 1.54) is 0 Å². The number of carbonyl (C=O) groups is 1. The second kappa shape index (κ2) is 11.5. The van der Waals surface area contributed by atoms with Crippen LogP contribution in [0.2, 0.25) is 0 Å². The molecule has 0 aliphatic carbocycles. The van der Waals surface area contributed by atoms with Crippen LogP contribution in [-0.4, -0.2) is 62.5 Å². The lowest BCUT2D eigenvalue weighted by Gasteiger charge is -2.36. The average molecular weight is 509 g/mol. The Balaban J connectivity index is 1.35. The van der Waals surface area contributed by atoms with Crippen LogP contribution < -0.4 is 15.4 Å². The summed E-state index contributed by atoms with van der Waals surface area (Å²) in [5.74, 6) is 0. The van der Waals surface area contributed by atoms with Crippen molar-refractivity contribution in [1.82, 2.24) is 20.1 Å². The molecule has 1 fully saturated rings. The maximum atomic E-state index is 13.1. The zero-order valence-electron chi connectivity index (χ0n) is 20.5. The molecule has 2 aromatic carbocycles. The molecule has 1 unspecified atom stereocenters. The Morgan fingerprint density at radius 1 is 0.972 bits per heavy atom. The third-order valence-electron chi connectivity index (χ3n) is 6.33. The summed E-state index contributed by atoms with van der Waals surface area (Å²) in [5, 5.41) is 5.50. The zero-order chi connectivity index (χ0) is 25.5. The van der Waals surface area contributed by atoms with Crippen molar-refractivity contribution >= 4 is 27.4 Å². The van der Waals surface area contributed by atoms with Gasteiger partial charge in [-0.3, -0.25) is 14.6 Å². The van der Waals surface area contributed by atoms with Gasteiger partial charge in [-0.1, -0.05) is 12.1 Å². The van der Waals surface area contributed by atoms with E-state index in [0.717, 1.165) is 37.3 Å². The van der Waals surface area contributed by atoms with Gasteiger partial charge in [0.2, 0.25) is 0 Å². The normalized spacial score (nSPS) is 15.7. The van der Waals surface area contributed by atoms with Crippen molar-refractivity contribution in [3.8, 4) is 0 Å². The Kier molecular flexibility index (Phi) is 8.19. The number of aromatic nitrogens is 1. The highest BCUT2D eigenvalue weighted by atomic mass is 32.2. The first-order valence-electron chi connectivity index (χ1n) is 11.9. The third kappa shape index (κ3) is 6.81. The van der Waals surface area contributed by atoms with Crippen LogP contribution in [0.5, 0.6) is 0 Å². The Labute approximate surface area is 212 Å². The quantitative estimate of drug-likeness (QED) is 0.430. The van der Waals surface area contributed by atoms with Crippen molar-refractivity contribution in [3.63, 3.8) is 0 Å². The number of pyridine rings is 1. The number of likely N-dealkylation sites (N-methyl/N-ethyl adjacent to an activating group) is 1. The van der Waals surface area contributed by atoms with E-state index in [1.807, 2.05) is 18.2 Å². The van der Waals surface area contributed by atoms with Gasteiger partial charge in [0.15, 0.2) is 0 Å². The maximum absolute atomic E-state index is 13.1.